The molecule has 0 aliphatic carbocycles. The standard InChI is InChI=1S/C21H20N4O4/c1-14-4-3-5-16(12-14)22-19(26)13-25-20(27)11-10-18(24-25)21(28)23-15-6-8-17(29-2)9-7-15/h3-12H,13H2,1-2H3,(H,22,26)(H,23,28). The smallest absolute Gasteiger partial charge is 0.276 e. The van der Waals surface area contributed by atoms with Crippen LogP contribution in [0.25, 0.3) is 0 Å². The zero-order valence-electron chi connectivity index (χ0n) is 16.0. The molecular weight excluding hydrogens is 372 g/mol. The van der Waals surface area contributed by atoms with E-state index in [0.717, 1.165) is 10.2 Å². The van der Waals surface area contributed by atoms with Crippen molar-refractivity contribution in [3.8, 4) is 5.75 Å². The largest absolute Gasteiger partial charge is 0.497 e. The summed E-state index contributed by atoms with van der Waals surface area (Å²) in [7, 11) is 1.55. The summed E-state index contributed by atoms with van der Waals surface area (Å²) in [4.78, 5) is 36.7. The van der Waals surface area contributed by atoms with E-state index in [2.05, 4.69) is 15.7 Å². The first-order valence-electron chi connectivity index (χ1n) is 8.85. The maximum absolute atomic E-state index is 12.4. The van der Waals surface area contributed by atoms with Crippen LogP contribution in [-0.4, -0.2) is 28.7 Å². The Bertz CT molecular complexity index is 1090. The van der Waals surface area contributed by atoms with Gasteiger partial charge in [-0.05, 0) is 55.0 Å². The molecule has 0 saturated carbocycles. The lowest BCUT2D eigenvalue weighted by Crippen LogP contribution is -2.31. The molecular formula is C21H20N4O4. The fourth-order valence-corrected chi connectivity index (χ4v) is 2.61. The topological polar surface area (TPSA) is 102 Å². The Labute approximate surface area is 167 Å². The van der Waals surface area contributed by atoms with Gasteiger partial charge < -0.3 is 15.4 Å². The van der Waals surface area contributed by atoms with Crippen LogP contribution in [0, 0.1) is 6.92 Å². The lowest BCUT2D eigenvalue weighted by molar-refractivity contribution is -0.117. The van der Waals surface area contributed by atoms with Crippen molar-refractivity contribution in [3.05, 3.63) is 82.3 Å². The van der Waals surface area contributed by atoms with Gasteiger partial charge in [0.25, 0.3) is 11.5 Å². The number of rotatable bonds is 6. The molecule has 0 saturated heterocycles. The van der Waals surface area contributed by atoms with E-state index < -0.39 is 17.4 Å². The van der Waals surface area contributed by atoms with Gasteiger partial charge in [0.2, 0.25) is 5.91 Å². The van der Waals surface area contributed by atoms with Crippen LogP contribution in [-0.2, 0) is 11.3 Å². The van der Waals surface area contributed by atoms with Crippen LogP contribution < -0.4 is 20.9 Å². The zero-order valence-corrected chi connectivity index (χ0v) is 16.0. The monoisotopic (exact) mass is 392 g/mol. The molecule has 2 N–H and O–H groups in total. The number of carbonyl (C=O) groups excluding carboxylic acids is 2. The van der Waals surface area contributed by atoms with Crippen molar-refractivity contribution < 1.29 is 14.3 Å². The molecule has 0 aliphatic rings. The van der Waals surface area contributed by atoms with Gasteiger partial charge in [-0.3, -0.25) is 14.4 Å². The zero-order chi connectivity index (χ0) is 20.8. The summed E-state index contributed by atoms with van der Waals surface area (Å²) < 4.78 is 6.03. The molecule has 8 nitrogen and oxygen atoms in total. The van der Waals surface area contributed by atoms with Crippen molar-refractivity contribution >= 4 is 23.2 Å². The van der Waals surface area contributed by atoms with Crippen LogP contribution in [0.15, 0.2) is 65.5 Å². The molecule has 0 atom stereocenters. The number of benzene rings is 2. The van der Waals surface area contributed by atoms with E-state index >= 15 is 0 Å². The number of nitrogens with one attached hydrogen (secondary N) is 2. The van der Waals surface area contributed by atoms with Crippen LogP contribution >= 0.6 is 0 Å². The van der Waals surface area contributed by atoms with Crippen LogP contribution in [0.4, 0.5) is 11.4 Å². The van der Waals surface area contributed by atoms with E-state index in [1.807, 2.05) is 25.1 Å². The van der Waals surface area contributed by atoms with Gasteiger partial charge in [-0.2, -0.15) is 5.10 Å². The molecule has 0 fully saturated rings. The minimum atomic E-state index is -0.497. The molecule has 29 heavy (non-hydrogen) atoms. The first kappa shape index (κ1) is 19.8. The van der Waals surface area contributed by atoms with Gasteiger partial charge in [-0.1, -0.05) is 12.1 Å². The number of nitrogens with zero attached hydrogens (tertiary/aromatic N) is 2. The summed E-state index contributed by atoms with van der Waals surface area (Å²) in [5.41, 5.74) is 1.70. The lowest BCUT2D eigenvalue weighted by atomic mass is 10.2. The Hall–Kier alpha value is -3.94. The van der Waals surface area contributed by atoms with Crippen LogP contribution in [0.5, 0.6) is 5.75 Å². The Morgan fingerprint density at radius 1 is 1.00 bits per heavy atom. The summed E-state index contributed by atoms with van der Waals surface area (Å²) in [5, 5.41) is 9.40. The predicted octanol–water partition coefficient (Wildman–Crippen LogP) is 2.45. The predicted molar refractivity (Wildman–Crippen MR) is 109 cm³/mol. The molecule has 8 heteroatoms. The molecule has 0 aliphatic heterocycles. The molecule has 1 aromatic heterocycles. The average Bonchev–Trinajstić information content (AvgIpc) is 2.70. The van der Waals surface area contributed by atoms with Crippen LogP contribution in [0.2, 0.25) is 0 Å². The number of ether oxygens (including phenoxy) is 1. The van der Waals surface area contributed by atoms with Crippen molar-refractivity contribution in [2.45, 2.75) is 13.5 Å². The van der Waals surface area contributed by atoms with E-state index in [1.165, 1.54) is 12.1 Å². The fourth-order valence-electron chi connectivity index (χ4n) is 2.61. The number of aryl methyl sites for hydroxylation is 1. The number of aromatic nitrogens is 2. The highest BCUT2D eigenvalue weighted by Gasteiger charge is 2.12. The summed E-state index contributed by atoms with van der Waals surface area (Å²) in [5.74, 6) is -0.254. The molecule has 148 valence electrons. The summed E-state index contributed by atoms with van der Waals surface area (Å²) in [6.07, 6.45) is 0. The number of carbonyl (C=O) groups is 2. The highest BCUT2D eigenvalue weighted by atomic mass is 16.5. The van der Waals surface area contributed by atoms with Crippen molar-refractivity contribution in [2.24, 2.45) is 0 Å². The SMILES string of the molecule is COc1ccc(NC(=O)c2ccc(=O)n(CC(=O)Nc3cccc(C)c3)n2)cc1. The van der Waals surface area contributed by atoms with E-state index in [9.17, 15) is 14.4 Å². The third-order valence-electron chi connectivity index (χ3n) is 4.04. The lowest BCUT2D eigenvalue weighted by Gasteiger charge is -2.09. The van der Waals surface area contributed by atoms with Gasteiger partial charge in [0, 0.05) is 17.4 Å². The van der Waals surface area contributed by atoms with Gasteiger partial charge in [-0.15, -0.1) is 0 Å². The van der Waals surface area contributed by atoms with E-state index in [0.29, 0.717) is 17.1 Å². The Morgan fingerprint density at radius 3 is 2.45 bits per heavy atom. The van der Waals surface area contributed by atoms with E-state index in [-0.39, 0.29) is 12.2 Å². The average molecular weight is 392 g/mol. The van der Waals surface area contributed by atoms with Crippen molar-refractivity contribution in [1.82, 2.24) is 9.78 Å². The highest BCUT2D eigenvalue weighted by molar-refractivity contribution is 6.02. The van der Waals surface area contributed by atoms with Crippen molar-refractivity contribution in [2.75, 3.05) is 17.7 Å². The Kier molecular flexibility index (Phi) is 6.03. The molecule has 0 bridgehead atoms. The minimum Gasteiger partial charge on any atom is -0.497 e. The first-order valence-corrected chi connectivity index (χ1v) is 8.85. The van der Waals surface area contributed by atoms with Gasteiger partial charge in [0.1, 0.15) is 18.0 Å². The molecule has 0 spiro atoms. The quantitative estimate of drug-likeness (QED) is 0.671. The van der Waals surface area contributed by atoms with E-state index in [4.69, 9.17) is 4.74 Å². The molecule has 3 rings (SSSR count). The van der Waals surface area contributed by atoms with Crippen LogP contribution in [0.3, 0.4) is 0 Å². The highest BCUT2D eigenvalue weighted by Crippen LogP contribution is 2.15. The number of hydrogen-bond donors (Lipinski definition) is 2. The maximum Gasteiger partial charge on any atom is 0.276 e. The van der Waals surface area contributed by atoms with Crippen molar-refractivity contribution in [3.63, 3.8) is 0 Å². The Morgan fingerprint density at radius 2 is 1.76 bits per heavy atom. The normalized spacial score (nSPS) is 10.3. The van der Waals surface area contributed by atoms with Gasteiger partial charge >= 0.3 is 0 Å². The third-order valence-corrected chi connectivity index (χ3v) is 4.04. The molecule has 3 aromatic rings. The maximum atomic E-state index is 12.4. The first-order chi connectivity index (χ1) is 13.9. The Balaban J connectivity index is 1.70. The van der Waals surface area contributed by atoms with Gasteiger partial charge in [0.05, 0.1) is 7.11 Å². The molecule has 2 amide bonds. The minimum absolute atomic E-state index is 0.0174. The summed E-state index contributed by atoms with van der Waals surface area (Å²) in [6.45, 7) is 1.60. The summed E-state index contributed by atoms with van der Waals surface area (Å²) >= 11 is 0. The second-order valence-corrected chi connectivity index (χ2v) is 6.31. The molecule has 0 unspecified atom stereocenters. The molecule has 1 heterocycles. The number of anilines is 2. The van der Waals surface area contributed by atoms with Crippen LogP contribution in [0.1, 0.15) is 16.1 Å². The van der Waals surface area contributed by atoms with Gasteiger partial charge in [0.15, 0.2) is 0 Å². The summed E-state index contributed by atoms with van der Waals surface area (Å²) in [6, 6.07) is 16.6. The second kappa shape index (κ2) is 8.83. The van der Waals surface area contributed by atoms with E-state index in [1.54, 1.807) is 37.4 Å². The van der Waals surface area contributed by atoms with Crippen molar-refractivity contribution in [1.29, 1.82) is 0 Å². The molecule has 0 radical (unpaired) electrons. The number of hydrogen-bond acceptors (Lipinski definition) is 5. The van der Waals surface area contributed by atoms with Gasteiger partial charge in [-0.25, -0.2) is 4.68 Å². The number of amides is 2. The third kappa shape index (κ3) is 5.29. The number of methoxy groups -OCH3 is 1. The fraction of sp³-hybridized carbons (Fsp3) is 0.143. The second-order valence-electron chi connectivity index (χ2n) is 6.31. The molecule has 2 aromatic carbocycles.